The Labute approximate surface area is 176 Å². The van der Waals surface area contributed by atoms with Gasteiger partial charge in [-0.15, -0.1) is 22.7 Å². The number of hydrogen-bond acceptors (Lipinski definition) is 6. The summed E-state index contributed by atoms with van der Waals surface area (Å²) in [5.74, 6) is -0.115. The number of carbonyl (C=O) groups is 1. The number of anilines is 2. The van der Waals surface area contributed by atoms with E-state index in [2.05, 4.69) is 9.97 Å². The second-order valence-electron chi connectivity index (χ2n) is 6.79. The molecule has 0 unspecified atom stereocenters. The number of carbonyl (C=O) groups excluding carboxylic acids is 1. The van der Waals surface area contributed by atoms with Crippen molar-refractivity contribution in [2.24, 2.45) is 0 Å². The molecule has 0 N–H and O–H groups in total. The molecule has 4 rings (SSSR count). The molecule has 0 fully saturated rings. The molecule has 4 aromatic rings. The van der Waals surface area contributed by atoms with Crippen LogP contribution >= 0.6 is 22.7 Å². The molecule has 29 heavy (non-hydrogen) atoms. The smallest absolute Gasteiger partial charge is 0.262 e. The summed E-state index contributed by atoms with van der Waals surface area (Å²) in [6.07, 6.45) is 1.70. The first-order valence-electron chi connectivity index (χ1n) is 9.21. The van der Waals surface area contributed by atoms with Crippen LogP contribution in [-0.2, 0) is 11.3 Å². The Balaban J connectivity index is 1.62. The highest BCUT2D eigenvalue weighted by molar-refractivity contribution is 7.18. The maximum Gasteiger partial charge on any atom is 0.262 e. The number of hydrogen-bond donors (Lipinski definition) is 0. The molecule has 0 bridgehead atoms. The molecule has 0 saturated carbocycles. The molecule has 1 amide bonds. The van der Waals surface area contributed by atoms with Gasteiger partial charge in [0, 0.05) is 23.2 Å². The van der Waals surface area contributed by atoms with Crippen LogP contribution in [0.2, 0.25) is 0 Å². The number of benzene rings is 1. The quantitative estimate of drug-likeness (QED) is 0.470. The van der Waals surface area contributed by atoms with Crippen LogP contribution in [0.5, 0.6) is 0 Å². The molecule has 0 radical (unpaired) electrons. The van der Waals surface area contributed by atoms with E-state index in [-0.39, 0.29) is 24.4 Å². The third-order valence-electron chi connectivity index (χ3n) is 4.78. The monoisotopic (exact) mass is 424 g/mol. The van der Waals surface area contributed by atoms with E-state index in [1.54, 1.807) is 4.90 Å². The highest BCUT2D eigenvalue weighted by atomic mass is 32.1. The first-order chi connectivity index (χ1) is 14.0. The molecule has 0 aliphatic carbocycles. The standard InChI is InChI=1S/C21H20N4O2S2/c1-13-11-28-21(23-13)25(16-7-5-4-6-8-16)17(26)9-10-24-12-22-19-18(20(24)27)14(2)15(3)29-19/h4-8,11-12H,9-10H2,1-3H3. The fourth-order valence-electron chi connectivity index (χ4n) is 3.14. The van der Waals surface area contributed by atoms with Crippen molar-refractivity contribution in [1.29, 1.82) is 0 Å². The third-order valence-corrected chi connectivity index (χ3v) is 6.84. The Morgan fingerprint density at radius 1 is 1.17 bits per heavy atom. The molecule has 1 aromatic carbocycles. The van der Waals surface area contributed by atoms with Crippen molar-refractivity contribution in [2.75, 3.05) is 4.90 Å². The summed E-state index contributed by atoms with van der Waals surface area (Å²) < 4.78 is 1.52. The number of thiophene rings is 1. The van der Waals surface area contributed by atoms with Gasteiger partial charge in [0.1, 0.15) is 4.83 Å². The van der Waals surface area contributed by atoms with E-state index in [1.807, 2.05) is 56.5 Å². The number of thiazole rings is 1. The van der Waals surface area contributed by atoms with Crippen LogP contribution in [0.25, 0.3) is 10.2 Å². The Bertz CT molecular complexity index is 1240. The van der Waals surface area contributed by atoms with Crippen molar-refractivity contribution in [1.82, 2.24) is 14.5 Å². The molecular weight excluding hydrogens is 404 g/mol. The summed E-state index contributed by atoms with van der Waals surface area (Å²) in [5.41, 5.74) is 2.50. The first kappa shape index (κ1) is 19.5. The molecule has 0 aliphatic rings. The summed E-state index contributed by atoms with van der Waals surface area (Å²) in [5, 5.41) is 3.20. The van der Waals surface area contributed by atoms with Crippen molar-refractivity contribution < 1.29 is 4.79 Å². The molecule has 0 saturated heterocycles. The molecule has 6 nitrogen and oxygen atoms in total. The maximum absolute atomic E-state index is 13.1. The van der Waals surface area contributed by atoms with E-state index < -0.39 is 0 Å². The summed E-state index contributed by atoms with van der Waals surface area (Å²) in [6, 6.07) is 9.45. The molecule has 3 heterocycles. The van der Waals surface area contributed by atoms with Crippen LogP contribution in [0, 0.1) is 20.8 Å². The lowest BCUT2D eigenvalue weighted by atomic mass is 10.2. The lowest BCUT2D eigenvalue weighted by Crippen LogP contribution is -2.29. The Morgan fingerprint density at radius 3 is 2.62 bits per heavy atom. The average Bonchev–Trinajstić information content (AvgIpc) is 3.26. The van der Waals surface area contributed by atoms with Crippen LogP contribution in [0.4, 0.5) is 10.8 Å². The number of rotatable bonds is 5. The molecule has 0 aliphatic heterocycles. The second kappa shape index (κ2) is 7.88. The van der Waals surface area contributed by atoms with Crippen LogP contribution in [-0.4, -0.2) is 20.4 Å². The fourth-order valence-corrected chi connectivity index (χ4v) is 4.97. The van der Waals surface area contributed by atoms with Gasteiger partial charge in [-0.05, 0) is 38.5 Å². The Morgan fingerprint density at radius 2 is 1.93 bits per heavy atom. The minimum absolute atomic E-state index is 0.0963. The maximum atomic E-state index is 13.1. The second-order valence-corrected chi connectivity index (χ2v) is 8.83. The molecule has 3 aromatic heterocycles. The Kier molecular flexibility index (Phi) is 5.29. The van der Waals surface area contributed by atoms with Crippen molar-refractivity contribution in [3.63, 3.8) is 0 Å². The zero-order valence-electron chi connectivity index (χ0n) is 16.4. The van der Waals surface area contributed by atoms with Crippen molar-refractivity contribution in [2.45, 2.75) is 33.7 Å². The number of nitrogens with zero attached hydrogens (tertiary/aromatic N) is 4. The van der Waals surface area contributed by atoms with E-state index in [0.717, 1.165) is 26.7 Å². The van der Waals surface area contributed by atoms with Gasteiger partial charge in [0.2, 0.25) is 5.91 Å². The van der Waals surface area contributed by atoms with E-state index in [9.17, 15) is 9.59 Å². The van der Waals surface area contributed by atoms with Crippen molar-refractivity contribution in [3.05, 3.63) is 68.5 Å². The van der Waals surface area contributed by atoms with E-state index >= 15 is 0 Å². The molecule has 148 valence electrons. The molecule has 0 atom stereocenters. The highest BCUT2D eigenvalue weighted by Crippen LogP contribution is 2.29. The average molecular weight is 425 g/mol. The molecule has 8 heteroatoms. The van der Waals surface area contributed by atoms with Gasteiger partial charge in [-0.1, -0.05) is 18.2 Å². The number of amides is 1. The van der Waals surface area contributed by atoms with Crippen LogP contribution in [0.1, 0.15) is 22.6 Å². The number of para-hydroxylation sites is 1. The largest absolute Gasteiger partial charge is 0.298 e. The summed E-state index contributed by atoms with van der Waals surface area (Å²) in [4.78, 5) is 38.4. The first-order valence-corrected chi connectivity index (χ1v) is 10.9. The number of fused-ring (bicyclic) bond motifs is 1. The summed E-state index contributed by atoms with van der Waals surface area (Å²) in [7, 11) is 0. The van der Waals surface area contributed by atoms with Gasteiger partial charge in [0.05, 0.1) is 23.1 Å². The van der Waals surface area contributed by atoms with Gasteiger partial charge in [0.25, 0.3) is 5.56 Å². The Hall–Kier alpha value is -2.84. The minimum atomic E-state index is -0.115. The summed E-state index contributed by atoms with van der Waals surface area (Å²) >= 11 is 2.95. The number of aromatic nitrogens is 3. The summed E-state index contributed by atoms with van der Waals surface area (Å²) in [6.45, 7) is 6.10. The molecule has 0 spiro atoms. The molecular formula is C21H20N4O2S2. The van der Waals surface area contributed by atoms with Gasteiger partial charge < -0.3 is 0 Å². The van der Waals surface area contributed by atoms with Gasteiger partial charge >= 0.3 is 0 Å². The zero-order chi connectivity index (χ0) is 20.5. The van der Waals surface area contributed by atoms with E-state index in [1.165, 1.54) is 33.6 Å². The predicted molar refractivity (Wildman–Crippen MR) is 118 cm³/mol. The lowest BCUT2D eigenvalue weighted by molar-refractivity contribution is -0.118. The SMILES string of the molecule is Cc1csc(N(C(=O)CCn2cnc3sc(C)c(C)c3c2=O)c2ccccc2)n1. The number of aryl methyl sites for hydroxylation is 4. The third kappa shape index (κ3) is 3.73. The normalized spacial score (nSPS) is 11.1. The minimum Gasteiger partial charge on any atom is -0.298 e. The highest BCUT2D eigenvalue weighted by Gasteiger charge is 2.21. The van der Waals surface area contributed by atoms with Crippen molar-refractivity contribution >= 4 is 49.6 Å². The lowest BCUT2D eigenvalue weighted by Gasteiger charge is -2.20. The van der Waals surface area contributed by atoms with Gasteiger partial charge in [-0.25, -0.2) is 9.97 Å². The van der Waals surface area contributed by atoms with Crippen LogP contribution in [0.15, 0.2) is 46.8 Å². The van der Waals surface area contributed by atoms with E-state index in [0.29, 0.717) is 10.5 Å². The predicted octanol–water partition coefficient (Wildman–Crippen LogP) is 4.59. The fraction of sp³-hybridized carbons (Fsp3) is 0.238. The zero-order valence-corrected chi connectivity index (χ0v) is 18.0. The van der Waals surface area contributed by atoms with Crippen LogP contribution in [0.3, 0.4) is 0 Å². The van der Waals surface area contributed by atoms with Gasteiger partial charge in [0.15, 0.2) is 5.13 Å². The van der Waals surface area contributed by atoms with Crippen molar-refractivity contribution in [3.8, 4) is 0 Å². The van der Waals surface area contributed by atoms with Gasteiger partial charge in [-0.3, -0.25) is 19.1 Å². The van der Waals surface area contributed by atoms with Gasteiger partial charge in [-0.2, -0.15) is 0 Å². The van der Waals surface area contributed by atoms with Crippen LogP contribution < -0.4 is 10.5 Å². The topological polar surface area (TPSA) is 68.1 Å². The van der Waals surface area contributed by atoms with E-state index in [4.69, 9.17) is 0 Å².